The molecule has 1 aromatic rings. The Balaban J connectivity index is 1.50. The molecule has 2 aliphatic rings. The normalized spacial score (nSPS) is 21.4. The Morgan fingerprint density at radius 2 is 2.07 bits per heavy atom. The van der Waals surface area contributed by atoms with Gasteiger partial charge in [0.2, 0.25) is 0 Å². The fraction of sp³-hybridized carbons (Fsp3) is 0.696. The van der Waals surface area contributed by atoms with Crippen LogP contribution in [0.3, 0.4) is 0 Å². The summed E-state index contributed by atoms with van der Waals surface area (Å²) in [6.07, 6.45) is 6.06. The summed E-state index contributed by atoms with van der Waals surface area (Å²) in [5.41, 5.74) is 1.23. The number of nitrogens with zero attached hydrogens (tertiary/aromatic N) is 2. The van der Waals surface area contributed by atoms with Gasteiger partial charge < -0.3 is 24.8 Å². The minimum atomic E-state index is 0.255. The molecule has 2 atom stereocenters. The van der Waals surface area contributed by atoms with Crippen LogP contribution in [0.5, 0.6) is 5.75 Å². The molecule has 2 fully saturated rings. The van der Waals surface area contributed by atoms with Gasteiger partial charge in [-0.2, -0.15) is 0 Å². The van der Waals surface area contributed by atoms with E-state index in [-0.39, 0.29) is 12.1 Å². The quantitative estimate of drug-likeness (QED) is 0.346. The van der Waals surface area contributed by atoms with Crippen LogP contribution in [0.15, 0.2) is 29.3 Å². The molecule has 2 N–H and O–H groups in total. The zero-order valence-electron chi connectivity index (χ0n) is 18.6. The molecule has 0 amide bonds. The van der Waals surface area contributed by atoms with Crippen molar-refractivity contribution in [2.45, 2.75) is 44.2 Å². The van der Waals surface area contributed by atoms with Crippen LogP contribution in [0.4, 0.5) is 0 Å². The molecule has 2 saturated heterocycles. The molecule has 0 aliphatic carbocycles. The van der Waals surface area contributed by atoms with E-state index in [1.165, 1.54) is 24.8 Å². The maximum atomic E-state index is 5.83. The lowest BCUT2D eigenvalue weighted by atomic mass is 10.0. The van der Waals surface area contributed by atoms with Crippen molar-refractivity contribution in [3.63, 3.8) is 0 Å². The zero-order chi connectivity index (χ0) is 21.0. The van der Waals surface area contributed by atoms with Crippen LogP contribution in [-0.4, -0.2) is 77.1 Å². The summed E-state index contributed by atoms with van der Waals surface area (Å²) in [6.45, 7) is 6.17. The van der Waals surface area contributed by atoms with Gasteiger partial charge in [0.05, 0.1) is 25.9 Å². The first-order chi connectivity index (χ1) is 14.8. The Morgan fingerprint density at radius 3 is 2.80 bits per heavy atom. The molecule has 0 radical (unpaired) electrons. The van der Waals surface area contributed by atoms with Gasteiger partial charge in [-0.3, -0.25) is 9.89 Å². The third-order valence-corrected chi connectivity index (χ3v) is 5.87. The van der Waals surface area contributed by atoms with Gasteiger partial charge in [-0.1, -0.05) is 24.6 Å². The average molecular weight is 419 g/mol. The van der Waals surface area contributed by atoms with Gasteiger partial charge in [0.15, 0.2) is 5.96 Å². The second-order valence-corrected chi connectivity index (χ2v) is 7.94. The summed E-state index contributed by atoms with van der Waals surface area (Å²) in [4.78, 5) is 6.97. The molecule has 2 aliphatic heterocycles. The number of rotatable bonds is 10. The maximum Gasteiger partial charge on any atom is 0.191 e. The highest BCUT2D eigenvalue weighted by Gasteiger charge is 2.25. The van der Waals surface area contributed by atoms with E-state index >= 15 is 0 Å². The van der Waals surface area contributed by atoms with E-state index in [4.69, 9.17) is 14.2 Å². The van der Waals surface area contributed by atoms with Crippen molar-refractivity contribution in [2.75, 3.05) is 60.2 Å². The van der Waals surface area contributed by atoms with Crippen LogP contribution in [0.25, 0.3) is 0 Å². The number of hydrogen-bond acceptors (Lipinski definition) is 5. The summed E-state index contributed by atoms with van der Waals surface area (Å²) in [5.74, 6) is 1.78. The van der Waals surface area contributed by atoms with Gasteiger partial charge in [-0.15, -0.1) is 0 Å². The van der Waals surface area contributed by atoms with Crippen LogP contribution in [0.1, 0.15) is 43.7 Å². The number of piperidine rings is 1. The number of hydrogen-bond donors (Lipinski definition) is 2. The SMILES string of the molecule is CN=C(NCCCOC1CCOC1)NCC(c1ccccc1OC)N1CCCCC1. The fourth-order valence-electron chi connectivity index (χ4n) is 4.19. The minimum absolute atomic E-state index is 0.255. The van der Waals surface area contributed by atoms with Crippen molar-refractivity contribution >= 4 is 5.96 Å². The van der Waals surface area contributed by atoms with Crippen molar-refractivity contribution < 1.29 is 14.2 Å². The Bertz CT molecular complexity index is 643. The molecule has 1 aromatic carbocycles. The second kappa shape index (κ2) is 12.8. The number of ether oxygens (including phenoxy) is 3. The number of aliphatic imine (C=N–C) groups is 1. The molecule has 7 heteroatoms. The molecule has 30 heavy (non-hydrogen) atoms. The number of benzene rings is 1. The highest BCUT2D eigenvalue weighted by Crippen LogP contribution is 2.30. The Labute approximate surface area is 181 Å². The van der Waals surface area contributed by atoms with Crippen molar-refractivity contribution in [2.24, 2.45) is 4.99 Å². The third kappa shape index (κ3) is 6.86. The van der Waals surface area contributed by atoms with Gasteiger partial charge in [-0.25, -0.2) is 0 Å². The lowest BCUT2D eigenvalue weighted by Crippen LogP contribution is -2.44. The summed E-state index contributed by atoms with van der Waals surface area (Å²) in [7, 11) is 3.57. The van der Waals surface area contributed by atoms with Crippen molar-refractivity contribution in [1.82, 2.24) is 15.5 Å². The van der Waals surface area contributed by atoms with E-state index in [1.54, 1.807) is 7.11 Å². The fourth-order valence-corrected chi connectivity index (χ4v) is 4.19. The molecule has 7 nitrogen and oxygen atoms in total. The smallest absolute Gasteiger partial charge is 0.191 e. The predicted molar refractivity (Wildman–Crippen MR) is 120 cm³/mol. The number of guanidine groups is 1. The van der Waals surface area contributed by atoms with E-state index in [1.807, 2.05) is 13.1 Å². The van der Waals surface area contributed by atoms with Crippen molar-refractivity contribution in [3.05, 3.63) is 29.8 Å². The topological polar surface area (TPSA) is 67.4 Å². The molecule has 2 unspecified atom stereocenters. The molecule has 3 rings (SSSR count). The molecule has 168 valence electrons. The highest BCUT2D eigenvalue weighted by atomic mass is 16.5. The molecule has 0 bridgehead atoms. The second-order valence-electron chi connectivity index (χ2n) is 7.94. The van der Waals surface area contributed by atoms with Crippen LogP contribution >= 0.6 is 0 Å². The first kappa shape index (κ1) is 22.8. The Kier molecular flexibility index (Phi) is 9.73. The average Bonchev–Trinajstić information content (AvgIpc) is 3.32. The van der Waals surface area contributed by atoms with Gasteiger partial charge >= 0.3 is 0 Å². The van der Waals surface area contributed by atoms with E-state index in [0.29, 0.717) is 0 Å². The number of nitrogens with one attached hydrogen (secondary N) is 2. The standard InChI is InChI=1S/C23H38N4O3/c1-24-23(25-12-8-15-30-19-11-16-29-18-19)26-17-21(27-13-6-3-7-14-27)20-9-4-5-10-22(20)28-2/h4-5,9-10,19,21H,3,6-8,11-18H2,1-2H3,(H2,24,25,26). The molecule has 0 aromatic heterocycles. The number of likely N-dealkylation sites (tertiary alicyclic amines) is 1. The maximum absolute atomic E-state index is 5.83. The minimum Gasteiger partial charge on any atom is -0.496 e. The zero-order valence-corrected chi connectivity index (χ0v) is 18.6. The number of methoxy groups -OCH3 is 1. The summed E-state index contributed by atoms with van der Waals surface area (Å²) in [5, 5.41) is 6.94. The molecular weight excluding hydrogens is 380 g/mol. The largest absolute Gasteiger partial charge is 0.496 e. The monoisotopic (exact) mass is 418 g/mol. The third-order valence-electron chi connectivity index (χ3n) is 5.87. The molecule has 0 saturated carbocycles. The van der Waals surface area contributed by atoms with Gasteiger partial charge in [0.25, 0.3) is 0 Å². The lowest BCUT2D eigenvalue weighted by molar-refractivity contribution is 0.0420. The summed E-state index contributed by atoms with van der Waals surface area (Å²) >= 11 is 0. The van der Waals surface area contributed by atoms with Crippen molar-refractivity contribution in [3.8, 4) is 5.75 Å². The lowest BCUT2D eigenvalue weighted by Gasteiger charge is -2.35. The Morgan fingerprint density at radius 1 is 1.23 bits per heavy atom. The highest BCUT2D eigenvalue weighted by molar-refractivity contribution is 5.79. The summed E-state index contributed by atoms with van der Waals surface area (Å²) in [6, 6.07) is 8.61. The van der Waals surface area contributed by atoms with E-state index in [9.17, 15) is 0 Å². The predicted octanol–water partition coefficient (Wildman–Crippen LogP) is 2.58. The van der Waals surface area contributed by atoms with Crippen LogP contribution in [0, 0.1) is 0 Å². The first-order valence-electron chi connectivity index (χ1n) is 11.3. The van der Waals surface area contributed by atoms with E-state index in [0.717, 1.165) is 70.6 Å². The van der Waals surface area contributed by atoms with Crippen molar-refractivity contribution in [1.29, 1.82) is 0 Å². The van der Waals surface area contributed by atoms with Gasteiger partial charge in [0, 0.05) is 38.9 Å². The number of para-hydroxylation sites is 1. The van der Waals surface area contributed by atoms with Gasteiger partial charge in [-0.05, 0) is 44.8 Å². The summed E-state index contributed by atoms with van der Waals surface area (Å²) < 4.78 is 16.8. The van der Waals surface area contributed by atoms with Crippen LogP contribution in [-0.2, 0) is 9.47 Å². The first-order valence-corrected chi connectivity index (χ1v) is 11.3. The molecule has 2 heterocycles. The van der Waals surface area contributed by atoms with E-state index in [2.05, 4.69) is 38.7 Å². The molecule has 0 spiro atoms. The Hall–Kier alpha value is -1.83. The van der Waals surface area contributed by atoms with Crippen LogP contribution in [0.2, 0.25) is 0 Å². The van der Waals surface area contributed by atoms with E-state index < -0.39 is 0 Å². The van der Waals surface area contributed by atoms with Gasteiger partial charge in [0.1, 0.15) is 5.75 Å². The molecular formula is C23H38N4O3. The van der Waals surface area contributed by atoms with Crippen LogP contribution < -0.4 is 15.4 Å².